The van der Waals surface area contributed by atoms with Crippen LogP contribution >= 0.6 is 27.5 Å². The molecule has 0 saturated carbocycles. The number of terminal acetylenes is 1. The molecule has 0 fully saturated rings. The maximum atomic E-state index is 12.2. The van der Waals surface area contributed by atoms with E-state index in [9.17, 15) is 10.1 Å². The van der Waals surface area contributed by atoms with Crippen LogP contribution in [0.3, 0.4) is 0 Å². The van der Waals surface area contributed by atoms with Gasteiger partial charge in [-0.05, 0) is 64.0 Å². The summed E-state index contributed by atoms with van der Waals surface area (Å²) in [7, 11) is 0. The van der Waals surface area contributed by atoms with Gasteiger partial charge in [-0.3, -0.25) is 4.79 Å². The van der Waals surface area contributed by atoms with E-state index in [1.54, 1.807) is 42.5 Å². The van der Waals surface area contributed by atoms with Gasteiger partial charge in [-0.1, -0.05) is 23.6 Å². The van der Waals surface area contributed by atoms with Crippen molar-refractivity contribution in [2.24, 2.45) is 0 Å². The number of nitrogens with one attached hydrogen (secondary N) is 1. The van der Waals surface area contributed by atoms with E-state index >= 15 is 0 Å². The third-order valence-corrected chi connectivity index (χ3v) is 3.92. The summed E-state index contributed by atoms with van der Waals surface area (Å²) in [5, 5.41) is 12.5. The summed E-state index contributed by atoms with van der Waals surface area (Å²) < 4.78 is 6.02. The molecule has 1 amide bonds. The van der Waals surface area contributed by atoms with E-state index in [1.807, 2.05) is 6.07 Å². The Bertz CT molecular complexity index is 893. The lowest BCUT2D eigenvalue weighted by atomic mass is 10.1. The summed E-state index contributed by atoms with van der Waals surface area (Å²) in [6.07, 6.45) is 6.64. The Labute approximate surface area is 159 Å². The molecule has 124 valence electrons. The number of nitriles is 1. The predicted molar refractivity (Wildman–Crippen MR) is 102 cm³/mol. The standard InChI is InChI=1S/C19H12BrClN2O2/c1-2-9-25-18-8-3-13(11-17(18)20)10-14(12-22)19(24)23-16-6-4-15(21)5-7-16/h1,3-8,10-11H,9H2,(H,23,24)/b14-10-. The van der Waals surface area contributed by atoms with Crippen LogP contribution in [0.5, 0.6) is 5.75 Å². The molecule has 0 radical (unpaired) electrons. The third kappa shape index (κ3) is 5.39. The van der Waals surface area contributed by atoms with Crippen LogP contribution in [0, 0.1) is 23.7 Å². The molecule has 0 aliphatic carbocycles. The molecule has 1 N–H and O–H groups in total. The Morgan fingerprint density at radius 3 is 2.64 bits per heavy atom. The smallest absolute Gasteiger partial charge is 0.266 e. The van der Waals surface area contributed by atoms with Crippen molar-refractivity contribution >= 4 is 45.2 Å². The molecule has 2 rings (SSSR count). The second kappa shape index (κ2) is 8.94. The highest BCUT2D eigenvalue weighted by atomic mass is 79.9. The van der Waals surface area contributed by atoms with Crippen LogP contribution in [0.1, 0.15) is 5.56 Å². The van der Waals surface area contributed by atoms with Crippen molar-refractivity contribution in [2.45, 2.75) is 0 Å². The maximum absolute atomic E-state index is 12.2. The molecular formula is C19H12BrClN2O2. The second-order valence-electron chi connectivity index (χ2n) is 4.81. The number of benzene rings is 2. The Hall–Kier alpha value is -2.73. The fourth-order valence-electron chi connectivity index (χ4n) is 1.89. The zero-order valence-corrected chi connectivity index (χ0v) is 15.3. The summed E-state index contributed by atoms with van der Waals surface area (Å²) in [5.41, 5.74) is 1.19. The van der Waals surface area contributed by atoms with Crippen LogP contribution in [0.2, 0.25) is 5.02 Å². The summed E-state index contributed by atoms with van der Waals surface area (Å²) in [6, 6.07) is 13.7. The van der Waals surface area contributed by atoms with E-state index in [4.69, 9.17) is 22.8 Å². The average molecular weight is 416 g/mol. The topological polar surface area (TPSA) is 62.1 Å². The van der Waals surface area contributed by atoms with Gasteiger partial charge in [0.05, 0.1) is 4.47 Å². The van der Waals surface area contributed by atoms with Gasteiger partial charge in [-0.2, -0.15) is 5.26 Å². The molecule has 0 aliphatic heterocycles. The number of carbonyl (C=O) groups is 1. The average Bonchev–Trinajstić information content (AvgIpc) is 2.60. The highest BCUT2D eigenvalue weighted by molar-refractivity contribution is 9.10. The summed E-state index contributed by atoms with van der Waals surface area (Å²) in [6.45, 7) is 0.154. The van der Waals surface area contributed by atoms with E-state index in [0.29, 0.717) is 26.5 Å². The third-order valence-electron chi connectivity index (χ3n) is 3.05. The summed E-state index contributed by atoms with van der Waals surface area (Å²) in [4.78, 5) is 12.2. The minimum atomic E-state index is -0.506. The van der Waals surface area contributed by atoms with E-state index in [1.165, 1.54) is 6.08 Å². The van der Waals surface area contributed by atoms with Gasteiger partial charge in [0.25, 0.3) is 5.91 Å². The Kier molecular flexibility index (Phi) is 6.65. The minimum absolute atomic E-state index is 0.0286. The zero-order chi connectivity index (χ0) is 18.2. The van der Waals surface area contributed by atoms with E-state index in [0.717, 1.165) is 0 Å². The van der Waals surface area contributed by atoms with Crippen molar-refractivity contribution in [3.05, 3.63) is 63.1 Å². The number of anilines is 1. The Morgan fingerprint density at radius 2 is 2.04 bits per heavy atom. The van der Waals surface area contributed by atoms with Crippen molar-refractivity contribution in [1.29, 1.82) is 5.26 Å². The van der Waals surface area contributed by atoms with Gasteiger partial charge in [0.2, 0.25) is 0 Å². The first-order valence-electron chi connectivity index (χ1n) is 7.08. The predicted octanol–water partition coefficient (Wildman–Crippen LogP) is 4.66. The van der Waals surface area contributed by atoms with Gasteiger partial charge in [-0.25, -0.2) is 0 Å². The van der Waals surface area contributed by atoms with Crippen molar-refractivity contribution in [3.8, 4) is 24.2 Å². The molecule has 0 saturated heterocycles. The van der Waals surface area contributed by atoms with Gasteiger partial charge in [0, 0.05) is 10.7 Å². The van der Waals surface area contributed by atoms with Crippen molar-refractivity contribution in [3.63, 3.8) is 0 Å². The van der Waals surface area contributed by atoms with Gasteiger partial charge in [0.1, 0.15) is 24.0 Å². The highest BCUT2D eigenvalue weighted by Crippen LogP contribution is 2.27. The molecule has 6 heteroatoms. The van der Waals surface area contributed by atoms with Gasteiger partial charge in [0.15, 0.2) is 0 Å². The monoisotopic (exact) mass is 414 g/mol. The number of carbonyl (C=O) groups excluding carboxylic acids is 1. The van der Waals surface area contributed by atoms with Crippen molar-refractivity contribution in [1.82, 2.24) is 0 Å². The molecule has 25 heavy (non-hydrogen) atoms. The van der Waals surface area contributed by atoms with Crippen LogP contribution in [0.15, 0.2) is 52.5 Å². The number of hydrogen-bond donors (Lipinski definition) is 1. The first-order valence-corrected chi connectivity index (χ1v) is 8.25. The van der Waals surface area contributed by atoms with Gasteiger partial charge >= 0.3 is 0 Å². The molecule has 0 atom stereocenters. The second-order valence-corrected chi connectivity index (χ2v) is 6.10. The number of halogens is 2. The lowest BCUT2D eigenvalue weighted by Crippen LogP contribution is -2.13. The summed E-state index contributed by atoms with van der Waals surface area (Å²) >= 11 is 9.17. The van der Waals surface area contributed by atoms with E-state index in [2.05, 4.69) is 27.2 Å². The normalized spacial score (nSPS) is 10.5. The van der Waals surface area contributed by atoms with Crippen molar-refractivity contribution < 1.29 is 9.53 Å². The molecule has 4 nitrogen and oxygen atoms in total. The van der Waals surface area contributed by atoms with Crippen LogP contribution in [0.4, 0.5) is 5.69 Å². The quantitative estimate of drug-likeness (QED) is 0.439. The number of hydrogen-bond acceptors (Lipinski definition) is 3. The number of ether oxygens (including phenoxy) is 1. The first kappa shape index (κ1) is 18.6. The Balaban J connectivity index is 2.17. The SMILES string of the molecule is C#CCOc1ccc(/C=C(/C#N)C(=O)Nc2ccc(Cl)cc2)cc1Br. The van der Waals surface area contributed by atoms with Crippen LogP contribution in [0.25, 0.3) is 6.08 Å². The lowest BCUT2D eigenvalue weighted by molar-refractivity contribution is -0.112. The first-order chi connectivity index (χ1) is 12.0. The summed E-state index contributed by atoms with van der Waals surface area (Å²) in [5.74, 6) is 2.46. The highest BCUT2D eigenvalue weighted by Gasteiger charge is 2.10. The lowest BCUT2D eigenvalue weighted by Gasteiger charge is -2.07. The number of rotatable bonds is 5. The van der Waals surface area contributed by atoms with Gasteiger partial charge in [-0.15, -0.1) is 6.42 Å². The largest absolute Gasteiger partial charge is 0.480 e. The van der Waals surface area contributed by atoms with E-state index < -0.39 is 5.91 Å². The molecular weight excluding hydrogens is 404 g/mol. The molecule has 0 aliphatic rings. The Morgan fingerprint density at radius 1 is 1.32 bits per heavy atom. The minimum Gasteiger partial charge on any atom is -0.480 e. The van der Waals surface area contributed by atoms with E-state index in [-0.39, 0.29) is 12.2 Å². The number of amides is 1. The zero-order valence-electron chi connectivity index (χ0n) is 12.9. The van der Waals surface area contributed by atoms with Crippen LogP contribution in [-0.2, 0) is 4.79 Å². The van der Waals surface area contributed by atoms with Crippen LogP contribution in [-0.4, -0.2) is 12.5 Å². The molecule has 0 aromatic heterocycles. The molecule has 0 bridgehead atoms. The molecule has 2 aromatic rings. The number of nitrogens with zero attached hydrogens (tertiary/aromatic N) is 1. The fraction of sp³-hybridized carbons (Fsp3) is 0.0526. The molecule has 2 aromatic carbocycles. The molecule has 0 heterocycles. The molecule has 0 unspecified atom stereocenters. The fourth-order valence-corrected chi connectivity index (χ4v) is 2.53. The molecule has 0 spiro atoms. The van der Waals surface area contributed by atoms with Crippen LogP contribution < -0.4 is 10.1 Å². The van der Waals surface area contributed by atoms with Crippen molar-refractivity contribution in [2.75, 3.05) is 11.9 Å². The maximum Gasteiger partial charge on any atom is 0.266 e. The van der Waals surface area contributed by atoms with Gasteiger partial charge < -0.3 is 10.1 Å².